The van der Waals surface area contributed by atoms with Crippen molar-refractivity contribution in [1.82, 2.24) is 20.2 Å². The second kappa shape index (κ2) is 9.75. The second-order valence-corrected chi connectivity index (χ2v) is 5.51. The molecule has 0 saturated carbocycles. The predicted octanol–water partition coefficient (Wildman–Crippen LogP) is 0.452. The van der Waals surface area contributed by atoms with Gasteiger partial charge in [0.15, 0.2) is 0 Å². The Morgan fingerprint density at radius 1 is 1.12 bits per heavy atom. The molecule has 2 aromatic rings. The molecule has 8 nitrogen and oxygen atoms in total. The highest BCUT2D eigenvalue weighted by Crippen LogP contribution is 2.15. The standard InChI is InChI=1S/C17H24N4O4/c1-24-9-5-8-18-16(22)11-21-14-7-4-3-6-13(14)20-15(21)10-19-17(23)12-25-2/h3-4,6-7H,5,8-12H2,1-2H3,(H,18,22)(H,19,23). The molecule has 0 aliphatic carbocycles. The van der Waals surface area contributed by atoms with E-state index < -0.39 is 0 Å². The Balaban J connectivity index is 2.08. The average Bonchev–Trinajstić information content (AvgIpc) is 2.95. The van der Waals surface area contributed by atoms with Gasteiger partial charge >= 0.3 is 0 Å². The summed E-state index contributed by atoms with van der Waals surface area (Å²) in [6.45, 7) is 1.52. The van der Waals surface area contributed by atoms with E-state index in [1.54, 1.807) is 7.11 Å². The molecule has 0 spiro atoms. The summed E-state index contributed by atoms with van der Waals surface area (Å²) in [7, 11) is 3.09. The van der Waals surface area contributed by atoms with Crippen LogP contribution in [0.4, 0.5) is 0 Å². The number of ether oxygens (including phenoxy) is 2. The fourth-order valence-electron chi connectivity index (χ4n) is 2.44. The number of fused-ring (bicyclic) bond motifs is 1. The van der Waals surface area contributed by atoms with Crippen LogP contribution in [0.25, 0.3) is 11.0 Å². The van der Waals surface area contributed by atoms with E-state index in [2.05, 4.69) is 15.6 Å². The summed E-state index contributed by atoms with van der Waals surface area (Å²) in [5, 5.41) is 5.60. The average molecular weight is 348 g/mol. The normalized spacial score (nSPS) is 10.8. The van der Waals surface area contributed by atoms with Crippen molar-refractivity contribution in [3.05, 3.63) is 30.1 Å². The van der Waals surface area contributed by atoms with Gasteiger partial charge in [-0.2, -0.15) is 0 Å². The first-order valence-corrected chi connectivity index (χ1v) is 8.11. The van der Waals surface area contributed by atoms with Gasteiger partial charge in [0.1, 0.15) is 19.0 Å². The number of imidazole rings is 1. The first-order chi connectivity index (χ1) is 12.2. The number of para-hydroxylation sites is 2. The van der Waals surface area contributed by atoms with Gasteiger partial charge in [0.25, 0.3) is 0 Å². The number of nitrogens with one attached hydrogen (secondary N) is 2. The molecule has 0 unspecified atom stereocenters. The van der Waals surface area contributed by atoms with Gasteiger partial charge in [-0.25, -0.2) is 4.98 Å². The van der Waals surface area contributed by atoms with Crippen molar-refractivity contribution >= 4 is 22.8 Å². The zero-order valence-electron chi connectivity index (χ0n) is 14.6. The number of rotatable bonds is 10. The van der Waals surface area contributed by atoms with Gasteiger partial charge in [-0.15, -0.1) is 0 Å². The van der Waals surface area contributed by atoms with Crippen molar-refractivity contribution in [2.24, 2.45) is 0 Å². The number of methoxy groups -OCH3 is 2. The van der Waals surface area contributed by atoms with Gasteiger partial charge in [0, 0.05) is 27.4 Å². The summed E-state index contributed by atoms with van der Waals surface area (Å²) in [5.41, 5.74) is 1.64. The Morgan fingerprint density at radius 2 is 1.92 bits per heavy atom. The minimum atomic E-state index is -0.231. The van der Waals surface area contributed by atoms with E-state index in [1.165, 1.54) is 7.11 Å². The van der Waals surface area contributed by atoms with Crippen molar-refractivity contribution in [3.8, 4) is 0 Å². The van der Waals surface area contributed by atoms with Crippen LogP contribution in [-0.4, -0.2) is 55.3 Å². The Bertz CT molecular complexity index is 714. The number of hydrogen-bond donors (Lipinski definition) is 2. The first kappa shape index (κ1) is 18.9. The number of carbonyl (C=O) groups excluding carboxylic acids is 2. The molecule has 0 atom stereocenters. The third-order valence-electron chi connectivity index (χ3n) is 3.60. The summed E-state index contributed by atoms with van der Waals surface area (Å²) in [6, 6.07) is 7.56. The molecule has 0 radical (unpaired) electrons. The highest BCUT2D eigenvalue weighted by Gasteiger charge is 2.14. The maximum absolute atomic E-state index is 12.2. The van der Waals surface area contributed by atoms with Crippen LogP contribution in [-0.2, 0) is 32.2 Å². The molecule has 25 heavy (non-hydrogen) atoms. The van der Waals surface area contributed by atoms with Crippen LogP contribution in [0.15, 0.2) is 24.3 Å². The van der Waals surface area contributed by atoms with Crippen LogP contribution >= 0.6 is 0 Å². The zero-order valence-corrected chi connectivity index (χ0v) is 14.6. The fraction of sp³-hybridized carbons (Fsp3) is 0.471. The summed E-state index contributed by atoms with van der Waals surface area (Å²) in [6.07, 6.45) is 0.757. The maximum atomic E-state index is 12.2. The van der Waals surface area contributed by atoms with Crippen LogP contribution in [0.1, 0.15) is 12.2 Å². The van der Waals surface area contributed by atoms with Gasteiger partial charge in [-0.05, 0) is 18.6 Å². The van der Waals surface area contributed by atoms with E-state index in [1.807, 2.05) is 28.8 Å². The van der Waals surface area contributed by atoms with Crippen LogP contribution < -0.4 is 10.6 Å². The second-order valence-electron chi connectivity index (χ2n) is 5.51. The number of nitrogens with zero attached hydrogens (tertiary/aromatic N) is 2. The molecule has 0 fully saturated rings. The van der Waals surface area contributed by atoms with Crippen molar-refractivity contribution in [2.45, 2.75) is 19.5 Å². The van der Waals surface area contributed by atoms with E-state index in [0.29, 0.717) is 19.0 Å². The Kier molecular flexibility index (Phi) is 7.36. The first-order valence-electron chi connectivity index (χ1n) is 8.11. The van der Waals surface area contributed by atoms with Crippen molar-refractivity contribution in [2.75, 3.05) is 34.0 Å². The van der Waals surface area contributed by atoms with Gasteiger partial charge in [0.2, 0.25) is 11.8 Å². The molecule has 1 heterocycles. The van der Waals surface area contributed by atoms with E-state index in [0.717, 1.165) is 17.5 Å². The Labute approximate surface area is 146 Å². The lowest BCUT2D eigenvalue weighted by atomic mass is 10.3. The van der Waals surface area contributed by atoms with Crippen LogP contribution in [0.3, 0.4) is 0 Å². The molecule has 8 heteroatoms. The third-order valence-corrected chi connectivity index (χ3v) is 3.60. The van der Waals surface area contributed by atoms with E-state index >= 15 is 0 Å². The lowest BCUT2D eigenvalue weighted by molar-refractivity contribution is -0.124. The van der Waals surface area contributed by atoms with Crippen molar-refractivity contribution in [1.29, 1.82) is 0 Å². The molecule has 2 N–H and O–H groups in total. The summed E-state index contributed by atoms with van der Waals surface area (Å²) in [4.78, 5) is 28.3. The van der Waals surface area contributed by atoms with E-state index in [-0.39, 0.29) is 31.5 Å². The Morgan fingerprint density at radius 3 is 2.68 bits per heavy atom. The molecule has 1 aromatic carbocycles. The van der Waals surface area contributed by atoms with Gasteiger partial charge in [-0.3, -0.25) is 9.59 Å². The Hall–Kier alpha value is -2.45. The summed E-state index contributed by atoms with van der Waals surface area (Å²) >= 11 is 0. The van der Waals surface area contributed by atoms with Gasteiger partial charge in [-0.1, -0.05) is 12.1 Å². The molecule has 0 aliphatic rings. The number of aromatic nitrogens is 2. The smallest absolute Gasteiger partial charge is 0.246 e. The highest BCUT2D eigenvalue weighted by atomic mass is 16.5. The molecule has 0 bridgehead atoms. The molecule has 136 valence electrons. The van der Waals surface area contributed by atoms with Gasteiger partial charge < -0.3 is 24.7 Å². The summed E-state index contributed by atoms with van der Waals surface area (Å²) < 4.78 is 11.6. The fourth-order valence-corrected chi connectivity index (χ4v) is 2.44. The lowest BCUT2D eigenvalue weighted by Gasteiger charge is -2.10. The zero-order chi connectivity index (χ0) is 18.1. The molecule has 1 aromatic heterocycles. The molecule has 0 saturated heterocycles. The molecular weight excluding hydrogens is 324 g/mol. The third kappa shape index (κ3) is 5.54. The maximum Gasteiger partial charge on any atom is 0.246 e. The number of benzene rings is 1. The van der Waals surface area contributed by atoms with Crippen LogP contribution in [0, 0.1) is 0 Å². The minimum Gasteiger partial charge on any atom is -0.385 e. The van der Waals surface area contributed by atoms with E-state index in [4.69, 9.17) is 9.47 Å². The molecule has 0 aliphatic heterocycles. The quantitative estimate of drug-likeness (QED) is 0.608. The van der Waals surface area contributed by atoms with Crippen molar-refractivity contribution in [3.63, 3.8) is 0 Å². The molecule has 2 amide bonds. The number of hydrogen-bond acceptors (Lipinski definition) is 5. The monoisotopic (exact) mass is 348 g/mol. The highest BCUT2D eigenvalue weighted by molar-refractivity contribution is 5.81. The van der Waals surface area contributed by atoms with Crippen LogP contribution in [0.2, 0.25) is 0 Å². The predicted molar refractivity (Wildman–Crippen MR) is 93.0 cm³/mol. The SMILES string of the molecule is COCCCNC(=O)Cn1c(CNC(=O)COC)nc2ccccc21. The van der Waals surface area contributed by atoms with Crippen molar-refractivity contribution < 1.29 is 19.1 Å². The number of amides is 2. The van der Waals surface area contributed by atoms with Gasteiger partial charge in [0.05, 0.1) is 17.6 Å². The number of carbonyl (C=O) groups is 2. The van der Waals surface area contributed by atoms with E-state index in [9.17, 15) is 9.59 Å². The lowest BCUT2D eigenvalue weighted by Crippen LogP contribution is -2.31. The topological polar surface area (TPSA) is 94.5 Å². The largest absolute Gasteiger partial charge is 0.385 e. The molecular formula is C17H24N4O4. The molecule has 2 rings (SSSR count). The van der Waals surface area contributed by atoms with Crippen LogP contribution in [0.5, 0.6) is 0 Å². The minimum absolute atomic E-state index is 0.0137. The summed E-state index contributed by atoms with van der Waals surface area (Å²) in [5.74, 6) is 0.284.